The zero-order valence-electron chi connectivity index (χ0n) is 8.48. The number of thiophene rings is 1. The quantitative estimate of drug-likeness (QED) is 0.823. The van der Waals surface area contributed by atoms with Crippen LogP contribution in [-0.2, 0) is 6.42 Å². The predicted molar refractivity (Wildman–Crippen MR) is 61.7 cm³/mol. The largest absolute Gasteiger partial charge is 0.327 e. The molecule has 2 nitrogen and oxygen atoms in total. The summed E-state index contributed by atoms with van der Waals surface area (Å²) in [7, 11) is 0. The number of nitrogens with two attached hydrogens (primary N) is 1. The van der Waals surface area contributed by atoms with Crippen molar-refractivity contribution in [1.82, 2.24) is 4.90 Å². The zero-order valence-corrected chi connectivity index (χ0v) is 9.30. The maximum Gasteiger partial charge on any atom is 0.0168 e. The summed E-state index contributed by atoms with van der Waals surface area (Å²) in [5.41, 5.74) is 7.40. The summed E-state index contributed by atoms with van der Waals surface area (Å²) in [6.45, 7) is 3.49. The van der Waals surface area contributed by atoms with Crippen LogP contribution < -0.4 is 5.73 Å². The molecule has 2 rings (SSSR count). The Morgan fingerprint density at radius 2 is 2.50 bits per heavy atom. The molecule has 1 aliphatic rings. The van der Waals surface area contributed by atoms with Gasteiger partial charge in [0.25, 0.3) is 0 Å². The number of piperidine rings is 1. The van der Waals surface area contributed by atoms with Gasteiger partial charge in [-0.1, -0.05) is 0 Å². The minimum absolute atomic E-state index is 0.409. The second kappa shape index (κ2) is 4.91. The van der Waals surface area contributed by atoms with E-state index in [-0.39, 0.29) is 0 Å². The highest BCUT2D eigenvalue weighted by Crippen LogP contribution is 2.11. The first-order valence-electron chi connectivity index (χ1n) is 5.33. The zero-order chi connectivity index (χ0) is 9.80. The maximum absolute atomic E-state index is 5.93. The molecule has 2 heterocycles. The third-order valence-corrected chi connectivity index (χ3v) is 3.57. The molecule has 14 heavy (non-hydrogen) atoms. The van der Waals surface area contributed by atoms with Crippen LogP contribution in [-0.4, -0.2) is 30.6 Å². The Morgan fingerprint density at radius 1 is 1.57 bits per heavy atom. The molecule has 3 heteroatoms. The molecular formula is C11H18N2S. The van der Waals surface area contributed by atoms with Crippen molar-refractivity contribution < 1.29 is 0 Å². The van der Waals surface area contributed by atoms with Crippen LogP contribution in [0.15, 0.2) is 16.8 Å². The van der Waals surface area contributed by atoms with Gasteiger partial charge in [-0.3, -0.25) is 0 Å². The molecule has 1 atom stereocenters. The number of rotatable bonds is 3. The van der Waals surface area contributed by atoms with E-state index in [0.29, 0.717) is 6.04 Å². The molecule has 1 fully saturated rings. The van der Waals surface area contributed by atoms with Gasteiger partial charge in [0.2, 0.25) is 0 Å². The molecule has 1 aliphatic heterocycles. The fourth-order valence-electron chi connectivity index (χ4n) is 2.02. The minimum atomic E-state index is 0.409. The second-order valence-electron chi connectivity index (χ2n) is 4.08. The fraction of sp³-hybridized carbons (Fsp3) is 0.636. The molecule has 1 aromatic heterocycles. The van der Waals surface area contributed by atoms with E-state index in [4.69, 9.17) is 5.73 Å². The molecule has 0 bridgehead atoms. The summed E-state index contributed by atoms with van der Waals surface area (Å²) >= 11 is 1.78. The molecule has 2 N–H and O–H groups in total. The molecule has 0 unspecified atom stereocenters. The standard InChI is InChI=1S/C11H18N2S/c12-11-2-1-5-13(8-11)6-3-10-4-7-14-9-10/h4,7,9,11H,1-3,5-6,8,12H2/t11-/m1/s1. The lowest BCUT2D eigenvalue weighted by Crippen LogP contribution is -2.43. The molecule has 1 saturated heterocycles. The molecule has 0 aliphatic carbocycles. The average Bonchev–Trinajstić information content (AvgIpc) is 2.67. The molecular weight excluding hydrogens is 192 g/mol. The van der Waals surface area contributed by atoms with Gasteiger partial charge in [0.05, 0.1) is 0 Å². The number of likely N-dealkylation sites (tertiary alicyclic amines) is 1. The fourth-order valence-corrected chi connectivity index (χ4v) is 2.72. The van der Waals surface area contributed by atoms with E-state index in [1.165, 1.54) is 37.9 Å². The molecule has 0 aromatic carbocycles. The van der Waals surface area contributed by atoms with Gasteiger partial charge in [-0.15, -0.1) is 0 Å². The van der Waals surface area contributed by atoms with Crippen LogP contribution in [0.2, 0.25) is 0 Å². The van der Waals surface area contributed by atoms with Crippen molar-refractivity contribution in [2.45, 2.75) is 25.3 Å². The van der Waals surface area contributed by atoms with Crippen molar-refractivity contribution >= 4 is 11.3 Å². The Kier molecular flexibility index (Phi) is 3.56. The number of nitrogens with zero attached hydrogens (tertiary/aromatic N) is 1. The monoisotopic (exact) mass is 210 g/mol. The van der Waals surface area contributed by atoms with E-state index in [0.717, 1.165) is 6.54 Å². The van der Waals surface area contributed by atoms with Crippen molar-refractivity contribution in [3.05, 3.63) is 22.4 Å². The van der Waals surface area contributed by atoms with E-state index in [9.17, 15) is 0 Å². The maximum atomic E-state index is 5.93. The highest BCUT2D eigenvalue weighted by atomic mass is 32.1. The van der Waals surface area contributed by atoms with Crippen LogP contribution in [0, 0.1) is 0 Å². The first-order chi connectivity index (χ1) is 6.84. The van der Waals surface area contributed by atoms with Crippen molar-refractivity contribution in [2.75, 3.05) is 19.6 Å². The molecule has 0 amide bonds. The molecule has 0 radical (unpaired) electrons. The normalized spacial score (nSPS) is 23.9. The summed E-state index contributed by atoms with van der Waals surface area (Å²) in [4.78, 5) is 2.49. The number of hydrogen-bond acceptors (Lipinski definition) is 3. The van der Waals surface area contributed by atoms with Crippen LogP contribution in [0.3, 0.4) is 0 Å². The molecule has 0 saturated carbocycles. The Morgan fingerprint density at radius 3 is 3.21 bits per heavy atom. The van der Waals surface area contributed by atoms with Crippen molar-refractivity contribution in [3.8, 4) is 0 Å². The SMILES string of the molecule is N[C@@H]1CCCN(CCc2ccsc2)C1. The van der Waals surface area contributed by atoms with E-state index < -0.39 is 0 Å². The highest BCUT2D eigenvalue weighted by Gasteiger charge is 2.15. The van der Waals surface area contributed by atoms with Gasteiger partial charge in [0, 0.05) is 19.1 Å². The van der Waals surface area contributed by atoms with Gasteiger partial charge < -0.3 is 10.6 Å². The van der Waals surface area contributed by atoms with Gasteiger partial charge in [0.1, 0.15) is 0 Å². The lowest BCUT2D eigenvalue weighted by Gasteiger charge is -2.30. The van der Waals surface area contributed by atoms with Crippen molar-refractivity contribution in [2.24, 2.45) is 5.73 Å². The van der Waals surface area contributed by atoms with E-state index in [1.807, 2.05) is 0 Å². The summed E-state index contributed by atoms with van der Waals surface area (Å²) in [5, 5.41) is 4.39. The Labute approximate surface area is 89.7 Å². The van der Waals surface area contributed by atoms with Gasteiger partial charge in [-0.05, 0) is 48.2 Å². The van der Waals surface area contributed by atoms with E-state index in [2.05, 4.69) is 21.7 Å². The molecule has 0 spiro atoms. The lowest BCUT2D eigenvalue weighted by atomic mass is 10.1. The summed E-state index contributed by atoms with van der Waals surface area (Å²) < 4.78 is 0. The third-order valence-electron chi connectivity index (χ3n) is 2.84. The van der Waals surface area contributed by atoms with Crippen LogP contribution in [0.1, 0.15) is 18.4 Å². The van der Waals surface area contributed by atoms with Crippen molar-refractivity contribution in [3.63, 3.8) is 0 Å². The third kappa shape index (κ3) is 2.80. The van der Waals surface area contributed by atoms with Gasteiger partial charge >= 0.3 is 0 Å². The van der Waals surface area contributed by atoms with E-state index >= 15 is 0 Å². The Balaban J connectivity index is 1.75. The summed E-state index contributed by atoms with van der Waals surface area (Å²) in [6.07, 6.45) is 3.65. The van der Waals surface area contributed by atoms with Crippen LogP contribution in [0.5, 0.6) is 0 Å². The summed E-state index contributed by atoms with van der Waals surface area (Å²) in [6, 6.07) is 2.63. The van der Waals surface area contributed by atoms with Gasteiger partial charge in [-0.25, -0.2) is 0 Å². The number of hydrogen-bond donors (Lipinski definition) is 1. The summed E-state index contributed by atoms with van der Waals surface area (Å²) in [5.74, 6) is 0. The first kappa shape index (κ1) is 10.1. The van der Waals surface area contributed by atoms with Crippen LogP contribution in [0.25, 0.3) is 0 Å². The topological polar surface area (TPSA) is 29.3 Å². The molecule has 78 valence electrons. The Hall–Kier alpha value is -0.380. The molecule has 1 aromatic rings. The van der Waals surface area contributed by atoms with Crippen LogP contribution >= 0.6 is 11.3 Å². The predicted octanol–water partition coefficient (Wildman–Crippen LogP) is 1.71. The van der Waals surface area contributed by atoms with E-state index in [1.54, 1.807) is 11.3 Å². The second-order valence-corrected chi connectivity index (χ2v) is 4.86. The smallest absolute Gasteiger partial charge is 0.0168 e. The lowest BCUT2D eigenvalue weighted by molar-refractivity contribution is 0.211. The average molecular weight is 210 g/mol. The highest BCUT2D eigenvalue weighted by molar-refractivity contribution is 7.07. The van der Waals surface area contributed by atoms with Gasteiger partial charge in [-0.2, -0.15) is 11.3 Å². The minimum Gasteiger partial charge on any atom is -0.327 e. The Bertz CT molecular complexity index is 258. The van der Waals surface area contributed by atoms with Crippen LogP contribution in [0.4, 0.5) is 0 Å². The van der Waals surface area contributed by atoms with Crippen molar-refractivity contribution in [1.29, 1.82) is 0 Å². The van der Waals surface area contributed by atoms with Gasteiger partial charge in [0.15, 0.2) is 0 Å². The first-order valence-corrected chi connectivity index (χ1v) is 6.28.